The van der Waals surface area contributed by atoms with Crippen molar-refractivity contribution in [3.05, 3.63) is 38.4 Å². The van der Waals surface area contributed by atoms with Gasteiger partial charge in [0.05, 0.1) is 6.54 Å². The maximum Gasteiger partial charge on any atom is 0.253 e. The van der Waals surface area contributed by atoms with E-state index in [-0.39, 0.29) is 5.43 Å². The Hall–Kier alpha value is -2.15. The van der Waals surface area contributed by atoms with Gasteiger partial charge in [0.25, 0.3) is 10.9 Å². The molecule has 7 heteroatoms. The van der Waals surface area contributed by atoms with Crippen LogP contribution in [0.3, 0.4) is 0 Å². The first-order valence-electron chi connectivity index (χ1n) is 7.57. The van der Waals surface area contributed by atoms with Crippen molar-refractivity contribution in [2.45, 2.75) is 13.5 Å². The molecule has 0 aliphatic carbocycles. The van der Waals surface area contributed by atoms with E-state index in [1.807, 2.05) is 22.6 Å². The number of hydrogen-bond donors (Lipinski definition) is 1. The lowest BCUT2D eigenvalue weighted by Crippen LogP contribution is -2.50. The van der Waals surface area contributed by atoms with Crippen LogP contribution in [-0.4, -0.2) is 54.5 Å². The highest BCUT2D eigenvalue weighted by atomic mass is 16.2. The van der Waals surface area contributed by atoms with Crippen LogP contribution in [0.5, 0.6) is 0 Å². The lowest BCUT2D eigenvalue weighted by molar-refractivity contribution is 0.312. The van der Waals surface area contributed by atoms with Gasteiger partial charge in [0.1, 0.15) is 11.4 Å². The predicted octanol–water partition coefficient (Wildman–Crippen LogP) is -0.349. The summed E-state index contributed by atoms with van der Waals surface area (Å²) in [6.45, 7) is 6.62. The van der Waals surface area contributed by atoms with E-state index in [0.29, 0.717) is 24.5 Å². The molecule has 118 valence electrons. The number of anilines is 2. The maximum absolute atomic E-state index is 11.9. The van der Waals surface area contributed by atoms with Crippen LogP contribution in [-0.2, 0) is 6.54 Å². The van der Waals surface area contributed by atoms with E-state index in [9.17, 15) is 9.59 Å². The quantitative estimate of drug-likeness (QED) is 0.762. The summed E-state index contributed by atoms with van der Waals surface area (Å²) >= 11 is 0. The number of piperazine rings is 1. The zero-order chi connectivity index (χ0) is 15.7. The average Bonchev–Trinajstić information content (AvgIpc) is 2.93. The first-order valence-corrected chi connectivity index (χ1v) is 7.57. The zero-order valence-corrected chi connectivity index (χ0v) is 13.0. The van der Waals surface area contributed by atoms with E-state index < -0.39 is 5.43 Å². The molecule has 0 bridgehead atoms. The van der Waals surface area contributed by atoms with Gasteiger partial charge in [-0.2, -0.15) is 5.10 Å². The van der Waals surface area contributed by atoms with Gasteiger partial charge in [0.15, 0.2) is 0 Å². The fourth-order valence-corrected chi connectivity index (χ4v) is 2.80. The third-order valence-electron chi connectivity index (χ3n) is 4.26. The van der Waals surface area contributed by atoms with Gasteiger partial charge in [-0.15, -0.1) is 0 Å². The molecule has 0 spiro atoms. The molecule has 0 unspecified atom stereocenters. The number of aromatic nitrogens is 2. The first kappa shape index (κ1) is 14.8. The number of hydrogen-bond acceptors (Lipinski definition) is 6. The van der Waals surface area contributed by atoms with Gasteiger partial charge in [0.2, 0.25) is 0 Å². The van der Waals surface area contributed by atoms with Crippen molar-refractivity contribution < 1.29 is 0 Å². The molecular weight excluding hydrogens is 282 g/mol. The molecule has 22 heavy (non-hydrogen) atoms. The molecule has 1 saturated heterocycles. The Labute approximate surface area is 128 Å². The molecule has 2 heterocycles. The van der Waals surface area contributed by atoms with Crippen molar-refractivity contribution in [3.8, 4) is 0 Å². The summed E-state index contributed by atoms with van der Waals surface area (Å²) < 4.78 is 1.87. The van der Waals surface area contributed by atoms with E-state index in [4.69, 9.17) is 0 Å². The minimum absolute atomic E-state index is 0.359. The highest BCUT2D eigenvalue weighted by Gasteiger charge is 2.27. The van der Waals surface area contributed by atoms with Crippen molar-refractivity contribution >= 4 is 11.4 Å². The van der Waals surface area contributed by atoms with E-state index in [1.54, 1.807) is 6.20 Å². The number of nitrogens with one attached hydrogen (secondary N) is 1. The van der Waals surface area contributed by atoms with Gasteiger partial charge < -0.3 is 15.1 Å². The Morgan fingerprint density at radius 3 is 2.55 bits per heavy atom. The fraction of sp³-hybridized carbons (Fsp3) is 0.533. The van der Waals surface area contributed by atoms with Crippen molar-refractivity contribution in [2.24, 2.45) is 0 Å². The van der Waals surface area contributed by atoms with Crippen LogP contribution in [0, 0.1) is 6.92 Å². The maximum atomic E-state index is 11.9. The summed E-state index contributed by atoms with van der Waals surface area (Å²) in [5, 5.41) is 7.32. The molecule has 2 aromatic rings. The number of rotatable bonds is 5. The predicted molar refractivity (Wildman–Crippen MR) is 86.5 cm³/mol. The highest BCUT2D eigenvalue weighted by Crippen LogP contribution is 2.21. The fourth-order valence-electron chi connectivity index (χ4n) is 2.80. The summed E-state index contributed by atoms with van der Waals surface area (Å²) in [4.78, 5) is 27.9. The Kier molecular flexibility index (Phi) is 3.98. The van der Waals surface area contributed by atoms with Crippen molar-refractivity contribution in [3.63, 3.8) is 0 Å². The molecule has 1 aromatic heterocycles. The third-order valence-corrected chi connectivity index (χ3v) is 4.26. The van der Waals surface area contributed by atoms with Crippen LogP contribution in [0.2, 0.25) is 0 Å². The summed E-state index contributed by atoms with van der Waals surface area (Å²) in [6.07, 6.45) is 1.75. The molecule has 1 N–H and O–H groups in total. The van der Waals surface area contributed by atoms with E-state index in [1.165, 1.54) is 0 Å². The standard InChI is InChI=1S/C15H21N5O2/c1-11-3-4-17-20(11)6-5-16-12-13(15(22)14(12)21)19-9-7-18(2)8-10-19/h3-4,16H,5-10H2,1-2H3. The molecule has 0 atom stereocenters. The van der Waals surface area contributed by atoms with Gasteiger partial charge in [-0.1, -0.05) is 0 Å². The largest absolute Gasteiger partial charge is 0.378 e. The molecule has 0 radical (unpaired) electrons. The number of nitrogens with zero attached hydrogens (tertiary/aromatic N) is 4. The lowest BCUT2D eigenvalue weighted by atomic mass is 10.1. The summed E-state index contributed by atoms with van der Waals surface area (Å²) in [7, 11) is 2.06. The minimum atomic E-state index is -0.397. The first-order chi connectivity index (χ1) is 10.6. The SMILES string of the molecule is Cc1ccnn1CCNc1c(N2CCN(C)CC2)c(=O)c1=O. The second-order valence-corrected chi connectivity index (χ2v) is 5.79. The van der Waals surface area contributed by atoms with Crippen LogP contribution >= 0.6 is 0 Å². The van der Waals surface area contributed by atoms with E-state index >= 15 is 0 Å². The number of likely N-dealkylation sites (N-methyl/N-ethyl adjacent to an activating group) is 1. The van der Waals surface area contributed by atoms with Crippen LogP contribution < -0.4 is 21.1 Å². The van der Waals surface area contributed by atoms with Crippen LogP contribution in [0.25, 0.3) is 0 Å². The molecule has 7 nitrogen and oxygen atoms in total. The molecule has 0 saturated carbocycles. The van der Waals surface area contributed by atoms with Crippen molar-refractivity contribution in [2.75, 3.05) is 50.0 Å². The Morgan fingerprint density at radius 1 is 1.18 bits per heavy atom. The van der Waals surface area contributed by atoms with Gasteiger partial charge in [-0.3, -0.25) is 14.3 Å². The Balaban J connectivity index is 1.65. The molecule has 1 aliphatic heterocycles. The molecule has 1 aromatic carbocycles. The monoisotopic (exact) mass is 303 g/mol. The summed E-state index contributed by atoms with van der Waals surface area (Å²) in [6, 6.07) is 1.94. The zero-order valence-electron chi connectivity index (χ0n) is 13.0. The molecule has 1 aliphatic rings. The van der Waals surface area contributed by atoms with Gasteiger partial charge in [-0.05, 0) is 20.0 Å². The van der Waals surface area contributed by atoms with Crippen LogP contribution in [0.15, 0.2) is 21.9 Å². The Bertz CT molecular complexity index is 721. The van der Waals surface area contributed by atoms with Gasteiger partial charge >= 0.3 is 0 Å². The van der Waals surface area contributed by atoms with Crippen molar-refractivity contribution in [1.82, 2.24) is 14.7 Å². The van der Waals surface area contributed by atoms with Crippen LogP contribution in [0.4, 0.5) is 11.4 Å². The van der Waals surface area contributed by atoms with Crippen LogP contribution in [0.1, 0.15) is 5.69 Å². The highest BCUT2D eigenvalue weighted by molar-refractivity contribution is 5.75. The average molecular weight is 303 g/mol. The summed E-state index contributed by atoms with van der Waals surface area (Å²) in [5.74, 6) is 0. The van der Waals surface area contributed by atoms with E-state index in [2.05, 4.69) is 22.4 Å². The normalized spacial score (nSPS) is 16.4. The lowest BCUT2D eigenvalue weighted by Gasteiger charge is -2.35. The smallest absolute Gasteiger partial charge is 0.253 e. The Morgan fingerprint density at radius 2 is 1.91 bits per heavy atom. The van der Waals surface area contributed by atoms with Gasteiger partial charge in [0, 0.05) is 44.6 Å². The van der Waals surface area contributed by atoms with E-state index in [0.717, 1.165) is 31.9 Å². The van der Waals surface area contributed by atoms with Gasteiger partial charge in [-0.25, -0.2) is 0 Å². The second kappa shape index (κ2) is 5.92. The minimum Gasteiger partial charge on any atom is -0.378 e. The molecule has 3 rings (SSSR count). The topological polar surface area (TPSA) is 70.5 Å². The van der Waals surface area contributed by atoms with Crippen molar-refractivity contribution in [1.29, 1.82) is 0 Å². The third kappa shape index (κ3) is 2.64. The molecule has 1 fully saturated rings. The summed E-state index contributed by atoms with van der Waals surface area (Å²) in [5.41, 5.74) is 1.36. The number of aryl methyl sites for hydroxylation is 1. The molecular formula is C15H21N5O2. The second-order valence-electron chi connectivity index (χ2n) is 5.79. The molecule has 0 amide bonds.